The predicted octanol–water partition coefficient (Wildman–Crippen LogP) is 2.18. The molecule has 0 radical (unpaired) electrons. The minimum Gasteiger partial charge on any atom is -0.354 e. The monoisotopic (exact) mass is 225 g/mol. The highest BCUT2D eigenvalue weighted by atomic mass is 35.5. The maximum absolute atomic E-state index is 5.98. The van der Waals surface area contributed by atoms with Crippen LogP contribution in [-0.2, 0) is 6.54 Å². The molecule has 1 aliphatic carbocycles. The van der Waals surface area contributed by atoms with Gasteiger partial charge in [0, 0.05) is 25.3 Å². The number of anilines is 1. The van der Waals surface area contributed by atoms with Gasteiger partial charge in [0.15, 0.2) is 0 Å². The molecule has 0 aromatic carbocycles. The number of hydrogen-bond donors (Lipinski definition) is 1. The summed E-state index contributed by atoms with van der Waals surface area (Å²) in [5, 5.41) is 0.660. The van der Waals surface area contributed by atoms with E-state index >= 15 is 0 Å². The van der Waals surface area contributed by atoms with Crippen molar-refractivity contribution in [3.05, 3.63) is 22.8 Å². The number of nitrogens with two attached hydrogens (primary N) is 1. The van der Waals surface area contributed by atoms with Crippen LogP contribution in [0.3, 0.4) is 0 Å². The normalized spacial score (nSPS) is 15.4. The number of pyridine rings is 1. The van der Waals surface area contributed by atoms with Gasteiger partial charge in [0.1, 0.15) is 5.82 Å². The van der Waals surface area contributed by atoms with E-state index in [9.17, 15) is 0 Å². The van der Waals surface area contributed by atoms with Gasteiger partial charge in [-0.15, -0.1) is 0 Å². The molecule has 0 bridgehead atoms. The molecule has 0 saturated heterocycles. The molecule has 3 nitrogen and oxygen atoms in total. The van der Waals surface area contributed by atoms with Crippen LogP contribution in [0.1, 0.15) is 25.3 Å². The molecule has 1 aromatic heterocycles. The standard InChI is InChI=1S/C11H16ClN3/c1-2-15(9-3-4-9)11-5-8(6-13)10(12)7-14-11/h5,7,9H,2-4,6,13H2,1H3. The fourth-order valence-electron chi connectivity index (χ4n) is 1.77. The van der Waals surface area contributed by atoms with Crippen LogP contribution in [0.25, 0.3) is 0 Å². The zero-order chi connectivity index (χ0) is 10.8. The van der Waals surface area contributed by atoms with Crippen LogP contribution < -0.4 is 10.6 Å². The Morgan fingerprint density at radius 3 is 2.87 bits per heavy atom. The molecule has 2 rings (SSSR count). The smallest absolute Gasteiger partial charge is 0.129 e. The van der Waals surface area contributed by atoms with Crippen molar-refractivity contribution in [2.75, 3.05) is 11.4 Å². The van der Waals surface area contributed by atoms with Crippen LogP contribution in [0.4, 0.5) is 5.82 Å². The molecule has 1 saturated carbocycles. The van der Waals surface area contributed by atoms with Gasteiger partial charge in [-0.1, -0.05) is 11.6 Å². The summed E-state index contributed by atoms with van der Waals surface area (Å²) in [6.07, 6.45) is 4.25. The van der Waals surface area contributed by atoms with Crippen molar-refractivity contribution >= 4 is 17.4 Å². The fraction of sp³-hybridized carbons (Fsp3) is 0.545. The number of rotatable bonds is 4. The Balaban J connectivity index is 2.26. The molecule has 1 heterocycles. The van der Waals surface area contributed by atoms with E-state index in [2.05, 4.69) is 16.8 Å². The molecule has 15 heavy (non-hydrogen) atoms. The predicted molar refractivity (Wildman–Crippen MR) is 63.2 cm³/mol. The highest BCUT2D eigenvalue weighted by molar-refractivity contribution is 6.31. The van der Waals surface area contributed by atoms with Crippen LogP contribution in [0.15, 0.2) is 12.3 Å². The lowest BCUT2D eigenvalue weighted by atomic mass is 10.2. The van der Waals surface area contributed by atoms with Gasteiger partial charge in [0.05, 0.1) is 5.02 Å². The number of halogens is 1. The molecular formula is C11H16ClN3. The highest BCUT2D eigenvalue weighted by Gasteiger charge is 2.28. The van der Waals surface area contributed by atoms with Gasteiger partial charge in [-0.2, -0.15) is 0 Å². The quantitative estimate of drug-likeness (QED) is 0.854. The average molecular weight is 226 g/mol. The topological polar surface area (TPSA) is 42.1 Å². The summed E-state index contributed by atoms with van der Waals surface area (Å²) in [6, 6.07) is 2.68. The number of hydrogen-bond acceptors (Lipinski definition) is 3. The van der Waals surface area contributed by atoms with E-state index in [1.165, 1.54) is 12.8 Å². The van der Waals surface area contributed by atoms with E-state index in [0.717, 1.165) is 17.9 Å². The zero-order valence-corrected chi connectivity index (χ0v) is 9.67. The van der Waals surface area contributed by atoms with Gasteiger partial charge in [-0.3, -0.25) is 0 Å². The maximum Gasteiger partial charge on any atom is 0.129 e. The average Bonchev–Trinajstić information content (AvgIpc) is 3.06. The van der Waals surface area contributed by atoms with Gasteiger partial charge in [-0.05, 0) is 31.4 Å². The van der Waals surface area contributed by atoms with Crippen LogP contribution in [0, 0.1) is 0 Å². The SMILES string of the molecule is CCN(c1cc(CN)c(Cl)cn1)C1CC1. The van der Waals surface area contributed by atoms with E-state index in [0.29, 0.717) is 17.6 Å². The second-order valence-electron chi connectivity index (χ2n) is 3.86. The second kappa shape index (κ2) is 4.37. The van der Waals surface area contributed by atoms with Crippen LogP contribution in [0.2, 0.25) is 5.02 Å². The third-order valence-electron chi connectivity index (χ3n) is 2.76. The van der Waals surface area contributed by atoms with Crippen LogP contribution >= 0.6 is 11.6 Å². The summed E-state index contributed by atoms with van der Waals surface area (Å²) in [5.74, 6) is 1.00. The first-order valence-corrected chi connectivity index (χ1v) is 5.75. The lowest BCUT2D eigenvalue weighted by Gasteiger charge is -2.22. The fourth-order valence-corrected chi connectivity index (χ4v) is 1.96. The van der Waals surface area contributed by atoms with Gasteiger partial charge in [0.2, 0.25) is 0 Å². The first kappa shape index (κ1) is 10.7. The molecule has 0 aliphatic heterocycles. The van der Waals surface area contributed by atoms with Gasteiger partial charge in [-0.25, -0.2) is 4.98 Å². The van der Waals surface area contributed by atoms with E-state index in [-0.39, 0.29) is 0 Å². The Morgan fingerprint density at radius 2 is 2.33 bits per heavy atom. The molecule has 1 aromatic rings. The van der Waals surface area contributed by atoms with Crippen molar-refractivity contribution in [2.24, 2.45) is 5.73 Å². The van der Waals surface area contributed by atoms with Crippen LogP contribution in [-0.4, -0.2) is 17.6 Å². The molecule has 82 valence electrons. The molecule has 0 atom stereocenters. The Labute approximate surface area is 95.2 Å². The summed E-state index contributed by atoms with van der Waals surface area (Å²) < 4.78 is 0. The Morgan fingerprint density at radius 1 is 1.60 bits per heavy atom. The van der Waals surface area contributed by atoms with Crippen molar-refractivity contribution in [3.8, 4) is 0 Å². The summed E-state index contributed by atoms with van der Waals surface area (Å²) in [6.45, 7) is 3.61. The molecule has 4 heteroatoms. The molecule has 1 fully saturated rings. The summed E-state index contributed by atoms with van der Waals surface area (Å²) >= 11 is 5.98. The Bertz CT molecular complexity index is 350. The van der Waals surface area contributed by atoms with E-state index in [1.807, 2.05) is 6.07 Å². The highest BCUT2D eigenvalue weighted by Crippen LogP contribution is 2.31. The van der Waals surface area contributed by atoms with E-state index in [1.54, 1.807) is 6.20 Å². The summed E-state index contributed by atoms with van der Waals surface area (Å²) in [4.78, 5) is 6.67. The number of aromatic nitrogens is 1. The number of nitrogens with zero attached hydrogens (tertiary/aromatic N) is 2. The molecule has 0 amide bonds. The van der Waals surface area contributed by atoms with Crippen LogP contribution in [0.5, 0.6) is 0 Å². The first-order chi connectivity index (χ1) is 7.26. The lowest BCUT2D eigenvalue weighted by Crippen LogP contribution is -2.26. The van der Waals surface area contributed by atoms with Crippen molar-refractivity contribution in [1.29, 1.82) is 0 Å². The summed E-state index contributed by atoms with van der Waals surface area (Å²) in [5.41, 5.74) is 6.60. The third kappa shape index (κ3) is 2.24. The maximum atomic E-state index is 5.98. The lowest BCUT2D eigenvalue weighted by molar-refractivity contribution is 0.806. The minimum atomic E-state index is 0.469. The van der Waals surface area contributed by atoms with E-state index < -0.39 is 0 Å². The largest absolute Gasteiger partial charge is 0.354 e. The molecule has 0 spiro atoms. The van der Waals surface area contributed by atoms with Gasteiger partial charge in [0.25, 0.3) is 0 Å². The second-order valence-corrected chi connectivity index (χ2v) is 4.26. The molecule has 0 unspecified atom stereocenters. The van der Waals surface area contributed by atoms with Crippen molar-refractivity contribution in [1.82, 2.24) is 4.98 Å². The molecule has 1 aliphatic rings. The summed E-state index contributed by atoms with van der Waals surface area (Å²) in [7, 11) is 0. The minimum absolute atomic E-state index is 0.469. The van der Waals surface area contributed by atoms with Gasteiger partial charge >= 0.3 is 0 Å². The van der Waals surface area contributed by atoms with Crippen molar-refractivity contribution in [3.63, 3.8) is 0 Å². The van der Waals surface area contributed by atoms with Crippen molar-refractivity contribution < 1.29 is 0 Å². The van der Waals surface area contributed by atoms with Gasteiger partial charge < -0.3 is 10.6 Å². The molecule has 2 N–H and O–H groups in total. The molecular weight excluding hydrogens is 210 g/mol. The van der Waals surface area contributed by atoms with Crippen molar-refractivity contribution in [2.45, 2.75) is 32.4 Å². The van der Waals surface area contributed by atoms with E-state index in [4.69, 9.17) is 17.3 Å². The first-order valence-electron chi connectivity index (χ1n) is 5.37. The third-order valence-corrected chi connectivity index (χ3v) is 3.10. The Kier molecular flexibility index (Phi) is 3.12. The Hall–Kier alpha value is -0.800. The zero-order valence-electron chi connectivity index (χ0n) is 8.91.